The molecule has 4 atom stereocenters. The van der Waals surface area contributed by atoms with E-state index in [2.05, 4.69) is 0 Å². The van der Waals surface area contributed by atoms with E-state index in [1.54, 1.807) is 0 Å². The maximum atomic E-state index is 13.0. The summed E-state index contributed by atoms with van der Waals surface area (Å²) in [7, 11) is 0. The lowest BCUT2D eigenvalue weighted by molar-refractivity contribution is -0.133. The van der Waals surface area contributed by atoms with Crippen LogP contribution < -0.4 is 0 Å². The highest BCUT2D eigenvalue weighted by Crippen LogP contribution is 2.43. The molecule has 2 saturated heterocycles. The zero-order valence-corrected chi connectivity index (χ0v) is 15.6. The van der Waals surface area contributed by atoms with Crippen molar-refractivity contribution in [2.75, 3.05) is 6.61 Å². The van der Waals surface area contributed by atoms with Gasteiger partial charge in [-0.3, -0.25) is 4.79 Å². The first-order chi connectivity index (χ1) is 11.8. The van der Waals surface area contributed by atoms with Gasteiger partial charge in [-0.1, -0.05) is 23.7 Å². The topological polar surface area (TPSA) is 55.8 Å². The largest absolute Gasteiger partial charge is 0.447 e. The molecule has 2 fully saturated rings. The SMILES string of the molecule is C[C@@H]1C[C@@](CC(=O)N2C(=O)OC[C@@H]2C)(c2ccc(Cl)cc2)C[C@H](C)O1. The first-order valence-electron chi connectivity index (χ1n) is 8.71. The van der Waals surface area contributed by atoms with Gasteiger partial charge in [-0.15, -0.1) is 0 Å². The van der Waals surface area contributed by atoms with E-state index in [-0.39, 0.29) is 42.6 Å². The standard InChI is InChI=1S/C19H24ClNO4/c1-12-11-24-18(23)21(12)17(22)10-19(8-13(2)25-14(3)9-19)15-4-6-16(20)7-5-15/h4-7,12-14H,8-11H2,1-3H3/t12-,13-,14+,19-/m0/s1. The number of amides is 2. The van der Waals surface area contributed by atoms with Gasteiger partial charge in [0.1, 0.15) is 6.61 Å². The second-order valence-corrected chi connectivity index (χ2v) is 7.76. The first-order valence-corrected chi connectivity index (χ1v) is 9.09. The van der Waals surface area contributed by atoms with Crippen molar-refractivity contribution >= 4 is 23.6 Å². The van der Waals surface area contributed by atoms with Gasteiger partial charge >= 0.3 is 6.09 Å². The molecule has 2 aliphatic heterocycles. The summed E-state index contributed by atoms with van der Waals surface area (Å²) in [6, 6.07) is 7.43. The third-order valence-electron chi connectivity index (χ3n) is 5.12. The van der Waals surface area contributed by atoms with Gasteiger partial charge in [0.25, 0.3) is 0 Å². The van der Waals surface area contributed by atoms with Gasteiger partial charge in [0.05, 0.1) is 18.2 Å². The highest BCUT2D eigenvalue weighted by Gasteiger charge is 2.45. The second-order valence-electron chi connectivity index (χ2n) is 7.32. The first kappa shape index (κ1) is 18.2. The molecule has 1 aromatic rings. The molecule has 0 spiro atoms. The van der Waals surface area contributed by atoms with Gasteiger partial charge in [-0.2, -0.15) is 0 Å². The van der Waals surface area contributed by atoms with Crippen LogP contribution in [0.25, 0.3) is 0 Å². The number of rotatable bonds is 3. The summed E-state index contributed by atoms with van der Waals surface area (Å²) in [5.74, 6) is -0.189. The minimum atomic E-state index is -0.545. The van der Waals surface area contributed by atoms with E-state index < -0.39 is 6.09 Å². The Bertz CT molecular complexity index is 650. The monoisotopic (exact) mass is 365 g/mol. The summed E-state index contributed by atoms with van der Waals surface area (Å²) in [4.78, 5) is 26.1. The molecule has 0 bridgehead atoms. The smallest absolute Gasteiger partial charge is 0.416 e. The molecule has 0 N–H and O–H groups in total. The Morgan fingerprint density at radius 2 is 1.80 bits per heavy atom. The number of carbonyl (C=O) groups is 2. The van der Waals surface area contributed by atoms with Crippen LogP contribution in [0, 0.1) is 0 Å². The van der Waals surface area contributed by atoms with Crippen LogP contribution in [0.3, 0.4) is 0 Å². The molecule has 136 valence electrons. The summed E-state index contributed by atoms with van der Waals surface area (Å²) in [5, 5.41) is 0.662. The number of nitrogens with zero attached hydrogens (tertiary/aromatic N) is 1. The van der Waals surface area contributed by atoms with E-state index >= 15 is 0 Å². The Morgan fingerprint density at radius 3 is 2.32 bits per heavy atom. The van der Waals surface area contributed by atoms with E-state index in [0.29, 0.717) is 5.02 Å². The maximum absolute atomic E-state index is 13.0. The molecular formula is C19H24ClNO4. The molecule has 1 aromatic carbocycles. The lowest BCUT2D eigenvalue weighted by Crippen LogP contribution is -2.47. The van der Waals surface area contributed by atoms with Crippen LogP contribution in [0.1, 0.15) is 45.6 Å². The highest BCUT2D eigenvalue weighted by molar-refractivity contribution is 6.30. The van der Waals surface area contributed by atoms with Crippen molar-refractivity contribution in [3.8, 4) is 0 Å². The Labute approximate surface area is 153 Å². The van der Waals surface area contributed by atoms with Gasteiger partial charge in [0.15, 0.2) is 0 Å². The van der Waals surface area contributed by atoms with Crippen molar-refractivity contribution in [3.63, 3.8) is 0 Å². The van der Waals surface area contributed by atoms with Crippen LogP contribution in [0.4, 0.5) is 4.79 Å². The van der Waals surface area contributed by atoms with E-state index in [0.717, 1.165) is 18.4 Å². The molecule has 6 heteroatoms. The number of hydrogen-bond acceptors (Lipinski definition) is 4. The van der Waals surface area contributed by atoms with Gasteiger partial charge in [-0.05, 0) is 51.3 Å². The molecule has 0 aromatic heterocycles. The number of imide groups is 1. The molecule has 5 nitrogen and oxygen atoms in total. The van der Waals surface area contributed by atoms with Gasteiger partial charge in [0.2, 0.25) is 5.91 Å². The number of ether oxygens (including phenoxy) is 2. The van der Waals surface area contributed by atoms with Crippen LogP contribution in [-0.2, 0) is 19.7 Å². The van der Waals surface area contributed by atoms with Crippen molar-refractivity contribution in [2.24, 2.45) is 0 Å². The normalized spacial score (nSPS) is 32.6. The van der Waals surface area contributed by atoms with Crippen LogP contribution >= 0.6 is 11.6 Å². The van der Waals surface area contributed by atoms with Crippen LogP contribution in [-0.4, -0.2) is 41.8 Å². The van der Waals surface area contributed by atoms with Crippen molar-refractivity contribution in [2.45, 2.75) is 63.7 Å². The summed E-state index contributed by atoms with van der Waals surface area (Å²) in [6.07, 6.45) is 1.23. The van der Waals surface area contributed by atoms with Crippen molar-refractivity contribution in [3.05, 3.63) is 34.9 Å². The predicted octanol–water partition coefficient (Wildman–Crippen LogP) is 3.92. The fraction of sp³-hybridized carbons (Fsp3) is 0.579. The van der Waals surface area contributed by atoms with Crippen LogP contribution in [0.2, 0.25) is 5.02 Å². The summed E-state index contributed by atoms with van der Waals surface area (Å²) in [5.41, 5.74) is 0.689. The van der Waals surface area contributed by atoms with E-state index in [4.69, 9.17) is 21.1 Å². The minimum Gasteiger partial charge on any atom is -0.447 e. The summed E-state index contributed by atoms with van der Waals surface area (Å²) in [6.45, 7) is 6.14. The Hall–Kier alpha value is -1.59. The second kappa shape index (κ2) is 6.96. The van der Waals surface area contributed by atoms with Crippen LogP contribution in [0.5, 0.6) is 0 Å². The Morgan fingerprint density at radius 1 is 1.20 bits per heavy atom. The molecule has 2 amide bonds. The van der Waals surface area contributed by atoms with E-state index in [1.807, 2.05) is 45.0 Å². The Kier molecular flexibility index (Phi) is 5.07. The molecule has 0 unspecified atom stereocenters. The zero-order valence-electron chi connectivity index (χ0n) is 14.8. The quantitative estimate of drug-likeness (QED) is 0.814. The van der Waals surface area contributed by atoms with Crippen LogP contribution in [0.15, 0.2) is 24.3 Å². The molecule has 0 aliphatic carbocycles. The molecule has 0 saturated carbocycles. The lowest BCUT2D eigenvalue weighted by atomic mass is 9.68. The fourth-order valence-corrected chi connectivity index (χ4v) is 4.33. The highest BCUT2D eigenvalue weighted by atomic mass is 35.5. The van der Waals surface area contributed by atoms with E-state index in [9.17, 15) is 9.59 Å². The molecule has 2 heterocycles. The van der Waals surface area contributed by atoms with Crippen molar-refractivity contribution in [1.82, 2.24) is 4.90 Å². The fourth-order valence-electron chi connectivity index (χ4n) is 4.20. The van der Waals surface area contributed by atoms with Gasteiger partial charge < -0.3 is 9.47 Å². The zero-order chi connectivity index (χ0) is 18.2. The number of carbonyl (C=O) groups excluding carboxylic acids is 2. The Balaban J connectivity index is 1.92. The molecule has 2 aliphatic rings. The summed E-state index contributed by atoms with van der Waals surface area (Å²) >= 11 is 6.04. The predicted molar refractivity (Wildman–Crippen MR) is 94.6 cm³/mol. The van der Waals surface area contributed by atoms with Crippen molar-refractivity contribution in [1.29, 1.82) is 0 Å². The maximum Gasteiger partial charge on any atom is 0.416 e. The summed E-state index contributed by atoms with van der Waals surface area (Å²) < 4.78 is 10.9. The van der Waals surface area contributed by atoms with Gasteiger partial charge in [-0.25, -0.2) is 9.69 Å². The average molecular weight is 366 g/mol. The number of halogens is 1. The van der Waals surface area contributed by atoms with Crippen molar-refractivity contribution < 1.29 is 19.1 Å². The lowest BCUT2D eigenvalue weighted by Gasteiger charge is -2.43. The number of benzene rings is 1. The minimum absolute atomic E-state index is 0.0372. The molecular weight excluding hydrogens is 342 g/mol. The average Bonchev–Trinajstić information content (AvgIpc) is 2.85. The van der Waals surface area contributed by atoms with Gasteiger partial charge in [0, 0.05) is 16.9 Å². The molecule has 25 heavy (non-hydrogen) atoms. The molecule has 3 rings (SSSR count). The number of hydrogen-bond donors (Lipinski definition) is 0. The number of cyclic esters (lactones) is 1. The molecule has 0 radical (unpaired) electrons. The third kappa shape index (κ3) is 3.67. The van der Waals surface area contributed by atoms with E-state index in [1.165, 1.54) is 4.90 Å². The third-order valence-corrected chi connectivity index (χ3v) is 5.37.